The fraction of sp³-hybridized carbons (Fsp3) is 0.167. The highest BCUT2D eigenvalue weighted by Crippen LogP contribution is 2.38. The van der Waals surface area contributed by atoms with E-state index in [-0.39, 0.29) is 22.6 Å². The fourth-order valence-electron chi connectivity index (χ4n) is 1.65. The lowest BCUT2D eigenvalue weighted by Gasteiger charge is -2.11. The molecule has 0 amide bonds. The van der Waals surface area contributed by atoms with Crippen molar-refractivity contribution in [3.05, 3.63) is 35.5 Å². The van der Waals surface area contributed by atoms with Gasteiger partial charge in [0, 0.05) is 0 Å². The number of hydrogen-bond donors (Lipinski definition) is 1. The predicted octanol–water partition coefficient (Wildman–Crippen LogP) is 3.07. The molecule has 0 atom stereocenters. The minimum Gasteiger partial charge on any atom is -0.496 e. The quantitative estimate of drug-likeness (QED) is 0.939. The lowest BCUT2D eigenvalue weighted by molar-refractivity contribution is -0.137. The van der Waals surface area contributed by atoms with Crippen LogP contribution in [0.2, 0.25) is 0 Å². The molecule has 0 bridgehead atoms. The number of alkyl halides is 3. The molecule has 2 rings (SSSR count). The molecule has 106 valence electrons. The molecule has 0 radical (unpaired) electrons. The van der Waals surface area contributed by atoms with E-state index in [4.69, 9.17) is 14.4 Å². The maximum Gasteiger partial charge on any atom is 0.416 e. The second-order valence-electron chi connectivity index (χ2n) is 3.79. The first-order valence-corrected chi connectivity index (χ1v) is 5.28. The summed E-state index contributed by atoms with van der Waals surface area (Å²) in [5.41, 5.74) is -1.42. The summed E-state index contributed by atoms with van der Waals surface area (Å²) in [6, 6.07) is 2.68. The third-order valence-electron chi connectivity index (χ3n) is 2.57. The van der Waals surface area contributed by atoms with Crippen molar-refractivity contribution in [1.82, 2.24) is 5.16 Å². The molecule has 20 heavy (non-hydrogen) atoms. The van der Waals surface area contributed by atoms with Gasteiger partial charge in [-0.05, 0) is 18.2 Å². The van der Waals surface area contributed by atoms with Crippen LogP contribution in [0.3, 0.4) is 0 Å². The zero-order valence-electron chi connectivity index (χ0n) is 10.1. The number of halogens is 3. The Kier molecular flexibility index (Phi) is 3.39. The molecule has 1 aromatic heterocycles. The van der Waals surface area contributed by atoms with Crippen molar-refractivity contribution in [2.75, 3.05) is 7.11 Å². The van der Waals surface area contributed by atoms with Crippen molar-refractivity contribution in [3.63, 3.8) is 0 Å². The molecule has 0 spiro atoms. The Morgan fingerprint density at radius 1 is 1.40 bits per heavy atom. The zero-order valence-corrected chi connectivity index (χ0v) is 10.1. The maximum atomic E-state index is 12.7. The van der Waals surface area contributed by atoms with Crippen molar-refractivity contribution < 1.29 is 32.3 Å². The fourth-order valence-corrected chi connectivity index (χ4v) is 1.65. The monoisotopic (exact) mass is 287 g/mol. The second-order valence-corrected chi connectivity index (χ2v) is 3.79. The highest BCUT2D eigenvalue weighted by Gasteiger charge is 2.32. The third-order valence-corrected chi connectivity index (χ3v) is 2.57. The van der Waals surface area contributed by atoms with E-state index in [0.29, 0.717) is 0 Å². The Labute approximate surface area is 110 Å². The van der Waals surface area contributed by atoms with Crippen molar-refractivity contribution in [3.8, 4) is 17.1 Å². The number of carbonyl (C=O) groups is 1. The number of benzene rings is 1. The number of methoxy groups -OCH3 is 1. The molecule has 0 saturated heterocycles. The van der Waals surface area contributed by atoms with Crippen LogP contribution in [0.4, 0.5) is 13.2 Å². The molecule has 0 saturated carbocycles. The number of rotatable bonds is 3. The normalized spacial score (nSPS) is 11.4. The third kappa shape index (κ3) is 2.44. The van der Waals surface area contributed by atoms with Gasteiger partial charge in [0.25, 0.3) is 0 Å². The lowest BCUT2D eigenvalue weighted by Crippen LogP contribution is -2.06. The number of aromatic carboxylic acids is 1. The van der Waals surface area contributed by atoms with Crippen LogP contribution in [0.5, 0.6) is 5.75 Å². The summed E-state index contributed by atoms with van der Waals surface area (Å²) < 4.78 is 47.8. The van der Waals surface area contributed by atoms with Gasteiger partial charge in [-0.3, -0.25) is 0 Å². The number of ether oxygens (including phenoxy) is 1. The van der Waals surface area contributed by atoms with Gasteiger partial charge in [0.2, 0.25) is 0 Å². The van der Waals surface area contributed by atoms with Gasteiger partial charge in [-0.25, -0.2) is 4.79 Å². The van der Waals surface area contributed by atoms with E-state index >= 15 is 0 Å². The number of hydrogen-bond acceptors (Lipinski definition) is 4. The number of nitrogens with zero attached hydrogens (tertiary/aromatic N) is 1. The second kappa shape index (κ2) is 4.87. The predicted molar refractivity (Wildman–Crippen MR) is 60.5 cm³/mol. The SMILES string of the molecule is COc1ccc(C(F)(F)F)cc1-c1oncc1C(=O)O. The van der Waals surface area contributed by atoms with Crippen LogP contribution in [0.15, 0.2) is 28.9 Å². The summed E-state index contributed by atoms with van der Waals surface area (Å²) in [7, 11) is 1.25. The van der Waals surface area contributed by atoms with Gasteiger partial charge in [-0.2, -0.15) is 13.2 Å². The molecule has 8 heteroatoms. The van der Waals surface area contributed by atoms with Gasteiger partial charge in [0.05, 0.1) is 24.4 Å². The number of carboxylic acids is 1. The van der Waals surface area contributed by atoms with Gasteiger partial charge < -0.3 is 14.4 Å². The highest BCUT2D eigenvalue weighted by atomic mass is 19.4. The van der Waals surface area contributed by atoms with Gasteiger partial charge in [-0.1, -0.05) is 5.16 Å². The maximum absolute atomic E-state index is 12.7. The average molecular weight is 287 g/mol. The number of carboxylic acid groups (broad SMARTS) is 1. The van der Waals surface area contributed by atoms with Crippen LogP contribution >= 0.6 is 0 Å². The minimum atomic E-state index is -4.57. The molecular weight excluding hydrogens is 279 g/mol. The highest BCUT2D eigenvalue weighted by molar-refractivity contribution is 5.94. The Bertz CT molecular complexity index is 648. The summed E-state index contributed by atoms with van der Waals surface area (Å²) in [4.78, 5) is 11.0. The minimum absolute atomic E-state index is 0.0530. The van der Waals surface area contributed by atoms with Crippen molar-refractivity contribution in [1.29, 1.82) is 0 Å². The smallest absolute Gasteiger partial charge is 0.416 e. The molecule has 2 aromatic rings. The molecule has 0 unspecified atom stereocenters. The van der Waals surface area contributed by atoms with E-state index in [1.807, 2.05) is 0 Å². The van der Waals surface area contributed by atoms with E-state index in [2.05, 4.69) is 5.16 Å². The molecular formula is C12H8F3NO4. The first-order chi connectivity index (χ1) is 9.34. The summed E-state index contributed by atoms with van der Waals surface area (Å²) in [6.45, 7) is 0. The molecule has 1 heterocycles. The Hall–Kier alpha value is -2.51. The summed E-state index contributed by atoms with van der Waals surface area (Å²) in [5, 5.41) is 12.2. The van der Waals surface area contributed by atoms with Gasteiger partial charge in [0.1, 0.15) is 11.3 Å². The van der Waals surface area contributed by atoms with E-state index in [1.54, 1.807) is 0 Å². The lowest BCUT2D eigenvalue weighted by atomic mass is 10.0. The Balaban J connectivity index is 2.65. The van der Waals surface area contributed by atoms with Gasteiger partial charge in [0.15, 0.2) is 5.76 Å². The summed E-state index contributed by atoms with van der Waals surface area (Å²) in [6.07, 6.45) is -3.65. The molecule has 1 aromatic carbocycles. The standard InChI is InChI=1S/C12H8F3NO4/c1-19-9-3-2-6(12(13,14)15)4-7(9)10-8(11(17)18)5-16-20-10/h2-5H,1H3,(H,17,18). The zero-order chi connectivity index (χ0) is 14.9. The first kappa shape index (κ1) is 13.9. The molecule has 0 aliphatic rings. The van der Waals surface area contributed by atoms with Crippen LogP contribution in [0.25, 0.3) is 11.3 Å². The van der Waals surface area contributed by atoms with E-state index < -0.39 is 17.7 Å². The topological polar surface area (TPSA) is 72.6 Å². The summed E-state index contributed by atoms with van der Waals surface area (Å²) >= 11 is 0. The van der Waals surface area contributed by atoms with E-state index in [1.165, 1.54) is 7.11 Å². The molecule has 5 nitrogen and oxygen atoms in total. The van der Waals surface area contributed by atoms with Crippen LogP contribution < -0.4 is 4.74 Å². The van der Waals surface area contributed by atoms with E-state index in [9.17, 15) is 18.0 Å². The molecule has 1 N–H and O–H groups in total. The van der Waals surface area contributed by atoms with E-state index in [0.717, 1.165) is 24.4 Å². The van der Waals surface area contributed by atoms with Crippen molar-refractivity contribution in [2.24, 2.45) is 0 Å². The molecule has 0 aliphatic carbocycles. The van der Waals surface area contributed by atoms with Crippen molar-refractivity contribution >= 4 is 5.97 Å². The van der Waals surface area contributed by atoms with Crippen LogP contribution in [-0.2, 0) is 6.18 Å². The van der Waals surface area contributed by atoms with Gasteiger partial charge in [-0.15, -0.1) is 0 Å². The largest absolute Gasteiger partial charge is 0.496 e. The summed E-state index contributed by atoms with van der Waals surface area (Å²) in [5.74, 6) is -1.60. The van der Waals surface area contributed by atoms with Crippen LogP contribution in [0, 0.1) is 0 Å². The first-order valence-electron chi connectivity index (χ1n) is 5.28. The molecule has 0 aliphatic heterocycles. The Morgan fingerprint density at radius 2 is 2.10 bits per heavy atom. The molecule has 0 fully saturated rings. The van der Waals surface area contributed by atoms with Gasteiger partial charge >= 0.3 is 12.1 Å². The van der Waals surface area contributed by atoms with Crippen LogP contribution in [0.1, 0.15) is 15.9 Å². The average Bonchev–Trinajstić information content (AvgIpc) is 2.86. The number of aromatic nitrogens is 1. The Morgan fingerprint density at radius 3 is 2.65 bits per heavy atom. The van der Waals surface area contributed by atoms with Crippen molar-refractivity contribution in [2.45, 2.75) is 6.18 Å². The van der Waals surface area contributed by atoms with Crippen LogP contribution in [-0.4, -0.2) is 23.3 Å².